The zero-order chi connectivity index (χ0) is 21.3. The third kappa shape index (κ3) is 3.91. The van der Waals surface area contributed by atoms with Gasteiger partial charge in [0.1, 0.15) is 6.33 Å². The smallest absolute Gasteiger partial charge is 0.255 e. The minimum absolute atomic E-state index is 0.0488. The maximum Gasteiger partial charge on any atom is 0.255 e. The van der Waals surface area contributed by atoms with Crippen LogP contribution in [0, 0.1) is 6.92 Å². The van der Waals surface area contributed by atoms with E-state index in [-0.39, 0.29) is 10.8 Å². The largest absolute Gasteiger partial charge is 0.322 e. The van der Waals surface area contributed by atoms with Gasteiger partial charge >= 0.3 is 0 Å². The Balaban J connectivity index is 1.66. The minimum Gasteiger partial charge on any atom is -0.322 e. The molecule has 0 bridgehead atoms. The van der Waals surface area contributed by atoms with E-state index in [1.165, 1.54) is 30.6 Å². The van der Waals surface area contributed by atoms with Gasteiger partial charge in [0.15, 0.2) is 0 Å². The number of benzene rings is 3. The molecule has 4 aromatic rings. The molecular formula is C22H18N4O3S. The first kappa shape index (κ1) is 19.7. The number of hydrogen-bond donors (Lipinski definition) is 2. The van der Waals surface area contributed by atoms with E-state index < -0.39 is 10.0 Å². The molecule has 0 fully saturated rings. The van der Waals surface area contributed by atoms with Crippen molar-refractivity contribution in [3.8, 4) is 11.3 Å². The van der Waals surface area contributed by atoms with Crippen molar-refractivity contribution in [1.82, 2.24) is 9.97 Å². The molecule has 3 aromatic carbocycles. The van der Waals surface area contributed by atoms with Crippen molar-refractivity contribution in [2.45, 2.75) is 11.8 Å². The number of rotatable bonds is 4. The van der Waals surface area contributed by atoms with Crippen molar-refractivity contribution in [3.63, 3.8) is 0 Å². The molecule has 1 heterocycles. The second kappa shape index (κ2) is 7.66. The summed E-state index contributed by atoms with van der Waals surface area (Å²) in [6, 6.07) is 18.8. The molecule has 0 saturated heterocycles. The molecule has 0 aliphatic heterocycles. The van der Waals surface area contributed by atoms with Crippen molar-refractivity contribution in [1.29, 1.82) is 0 Å². The van der Waals surface area contributed by atoms with E-state index in [4.69, 9.17) is 5.14 Å². The molecule has 3 N–H and O–H groups in total. The van der Waals surface area contributed by atoms with Crippen LogP contribution in [0.25, 0.3) is 22.2 Å². The predicted molar refractivity (Wildman–Crippen MR) is 115 cm³/mol. The van der Waals surface area contributed by atoms with Crippen LogP contribution in [0.3, 0.4) is 0 Å². The molecule has 4 rings (SSSR count). The number of amides is 1. The predicted octanol–water partition coefficient (Wildman–Crippen LogP) is 3.50. The van der Waals surface area contributed by atoms with Crippen molar-refractivity contribution in [2.75, 3.05) is 5.32 Å². The molecule has 0 spiro atoms. The molecule has 0 aliphatic rings. The van der Waals surface area contributed by atoms with Gasteiger partial charge in [-0.15, -0.1) is 0 Å². The molecule has 0 atom stereocenters. The Hall–Kier alpha value is -3.62. The number of sulfonamides is 1. The van der Waals surface area contributed by atoms with Crippen LogP contribution in [0.2, 0.25) is 0 Å². The Kier molecular flexibility index (Phi) is 5.03. The average molecular weight is 418 g/mol. The Morgan fingerprint density at radius 1 is 0.967 bits per heavy atom. The Morgan fingerprint density at radius 2 is 1.70 bits per heavy atom. The maximum atomic E-state index is 12.6. The van der Waals surface area contributed by atoms with Crippen LogP contribution < -0.4 is 10.5 Å². The summed E-state index contributed by atoms with van der Waals surface area (Å²) in [4.78, 5) is 21.3. The van der Waals surface area contributed by atoms with Gasteiger partial charge in [0.05, 0.1) is 16.1 Å². The number of anilines is 1. The van der Waals surface area contributed by atoms with E-state index >= 15 is 0 Å². The lowest BCUT2D eigenvalue weighted by molar-refractivity contribution is 0.102. The number of para-hydroxylation sites is 1. The number of hydrogen-bond acceptors (Lipinski definition) is 5. The van der Waals surface area contributed by atoms with Gasteiger partial charge in [-0.3, -0.25) is 4.79 Å². The SMILES string of the molecule is Cc1ccc(NC(=O)c2ccc(S(N)(=O)=O)cc2)cc1-c1ncnc2ccccc12. The van der Waals surface area contributed by atoms with Gasteiger partial charge in [-0.1, -0.05) is 24.3 Å². The van der Waals surface area contributed by atoms with Crippen LogP contribution in [-0.2, 0) is 10.0 Å². The number of aryl methyl sites for hydroxylation is 1. The van der Waals surface area contributed by atoms with E-state index in [1.807, 2.05) is 43.3 Å². The van der Waals surface area contributed by atoms with Crippen LogP contribution in [0.1, 0.15) is 15.9 Å². The summed E-state index contributed by atoms with van der Waals surface area (Å²) in [5.74, 6) is -0.363. The fraction of sp³-hybridized carbons (Fsp3) is 0.0455. The van der Waals surface area contributed by atoms with E-state index in [2.05, 4.69) is 15.3 Å². The topological polar surface area (TPSA) is 115 Å². The van der Waals surface area contributed by atoms with Crippen LogP contribution in [-0.4, -0.2) is 24.3 Å². The molecule has 0 unspecified atom stereocenters. The highest BCUT2D eigenvalue weighted by Gasteiger charge is 2.13. The lowest BCUT2D eigenvalue weighted by atomic mass is 10.0. The first-order valence-corrected chi connectivity index (χ1v) is 10.6. The van der Waals surface area contributed by atoms with Crippen molar-refractivity contribution < 1.29 is 13.2 Å². The summed E-state index contributed by atoms with van der Waals surface area (Å²) in [5, 5.41) is 8.85. The van der Waals surface area contributed by atoms with E-state index in [0.29, 0.717) is 11.3 Å². The number of nitrogens with zero attached hydrogens (tertiary/aromatic N) is 2. The van der Waals surface area contributed by atoms with Gasteiger partial charge in [-0.2, -0.15) is 0 Å². The summed E-state index contributed by atoms with van der Waals surface area (Å²) < 4.78 is 22.7. The summed E-state index contributed by atoms with van der Waals surface area (Å²) in [6.45, 7) is 1.98. The second-order valence-electron chi connectivity index (χ2n) is 6.79. The summed E-state index contributed by atoms with van der Waals surface area (Å²) >= 11 is 0. The molecule has 7 nitrogen and oxygen atoms in total. The number of carbonyl (C=O) groups is 1. The molecule has 8 heteroatoms. The van der Waals surface area contributed by atoms with Crippen LogP contribution >= 0.6 is 0 Å². The summed E-state index contributed by atoms with van der Waals surface area (Å²) in [6.07, 6.45) is 1.52. The Labute approximate surface area is 173 Å². The van der Waals surface area contributed by atoms with Gasteiger partial charge in [0.25, 0.3) is 5.91 Å². The highest BCUT2D eigenvalue weighted by molar-refractivity contribution is 7.89. The van der Waals surface area contributed by atoms with Crippen molar-refractivity contribution in [2.24, 2.45) is 5.14 Å². The van der Waals surface area contributed by atoms with E-state index in [0.717, 1.165) is 27.7 Å². The zero-order valence-corrected chi connectivity index (χ0v) is 16.8. The first-order valence-electron chi connectivity index (χ1n) is 9.08. The van der Waals surface area contributed by atoms with Crippen LogP contribution in [0.15, 0.2) is 78.0 Å². The Morgan fingerprint density at radius 3 is 2.43 bits per heavy atom. The monoisotopic (exact) mass is 418 g/mol. The quantitative estimate of drug-likeness (QED) is 0.526. The number of carbonyl (C=O) groups excluding carboxylic acids is 1. The van der Waals surface area contributed by atoms with Crippen LogP contribution in [0.5, 0.6) is 0 Å². The van der Waals surface area contributed by atoms with Gasteiger partial charge < -0.3 is 5.32 Å². The number of fused-ring (bicyclic) bond motifs is 1. The van der Waals surface area contributed by atoms with Gasteiger partial charge in [0.2, 0.25) is 10.0 Å². The van der Waals surface area contributed by atoms with Gasteiger partial charge in [0, 0.05) is 22.2 Å². The Bertz CT molecular complexity index is 1360. The number of primary sulfonamides is 1. The van der Waals surface area contributed by atoms with Crippen LogP contribution in [0.4, 0.5) is 5.69 Å². The van der Waals surface area contributed by atoms with Crippen molar-refractivity contribution in [3.05, 3.63) is 84.2 Å². The highest BCUT2D eigenvalue weighted by Crippen LogP contribution is 2.30. The number of aromatic nitrogens is 2. The maximum absolute atomic E-state index is 12.6. The first-order chi connectivity index (χ1) is 14.3. The molecule has 0 radical (unpaired) electrons. The van der Waals surface area contributed by atoms with E-state index in [1.54, 1.807) is 6.07 Å². The fourth-order valence-corrected chi connectivity index (χ4v) is 3.69. The molecule has 0 aliphatic carbocycles. The third-order valence-corrected chi connectivity index (χ3v) is 5.67. The highest BCUT2D eigenvalue weighted by atomic mass is 32.2. The fourth-order valence-electron chi connectivity index (χ4n) is 3.17. The van der Waals surface area contributed by atoms with Crippen molar-refractivity contribution >= 4 is 32.5 Å². The normalized spacial score (nSPS) is 11.4. The molecule has 1 amide bonds. The molecule has 0 saturated carbocycles. The second-order valence-corrected chi connectivity index (χ2v) is 8.35. The summed E-state index contributed by atoms with van der Waals surface area (Å²) in [7, 11) is -3.81. The molecular weight excluding hydrogens is 400 g/mol. The molecule has 30 heavy (non-hydrogen) atoms. The van der Waals surface area contributed by atoms with Gasteiger partial charge in [-0.25, -0.2) is 23.5 Å². The van der Waals surface area contributed by atoms with E-state index in [9.17, 15) is 13.2 Å². The molecule has 150 valence electrons. The lowest BCUT2D eigenvalue weighted by Gasteiger charge is -2.12. The standard InChI is InChI=1S/C22H18N4O3S/c1-14-6-9-16(26-22(27)15-7-10-17(11-8-15)30(23,28)29)12-19(14)21-18-4-2-3-5-20(18)24-13-25-21/h2-13H,1H3,(H,26,27)(H2,23,28,29). The number of nitrogens with one attached hydrogen (secondary N) is 1. The summed E-state index contributed by atoms with van der Waals surface area (Å²) in [5.41, 5.74) is 4.43. The number of nitrogens with two attached hydrogens (primary N) is 1. The molecule has 1 aromatic heterocycles. The van der Waals surface area contributed by atoms with Gasteiger partial charge in [-0.05, 0) is 55.0 Å². The average Bonchev–Trinajstić information content (AvgIpc) is 2.74. The zero-order valence-electron chi connectivity index (χ0n) is 16.0. The lowest BCUT2D eigenvalue weighted by Crippen LogP contribution is -2.14. The minimum atomic E-state index is -3.81. The third-order valence-electron chi connectivity index (χ3n) is 4.74.